The molecule has 1 heterocycles. The zero-order valence-electron chi connectivity index (χ0n) is 8.15. The molecule has 0 radical (unpaired) electrons. The number of allylic oxidation sites excluding steroid dienone is 1. The number of esters is 2. The Balaban J connectivity index is 2.91. The lowest BCUT2D eigenvalue weighted by Gasteiger charge is -1.95. The second kappa shape index (κ2) is 4.54. The SMILES string of the molecule is C/C=C/C1=C(CCC(=O)O)C(=O)OC1=O. The summed E-state index contributed by atoms with van der Waals surface area (Å²) in [6.07, 6.45) is 2.86. The highest BCUT2D eigenvalue weighted by molar-refractivity contribution is 6.14. The van der Waals surface area contributed by atoms with Crippen LogP contribution in [0.1, 0.15) is 19.8 Å². The molecule has 0 bridgehead atoms. The predicted molar refractivity (Wildman–Crippen MR) is 49.8 cm³/mol. The zero-order chi connectivity index (χ0) is 11.4. The van der Waals surface area contributed by atoms with Gasteiger partial charge in [-0.05, 0) is 13.3 Å². The van der Waals surface area contributed by atoms with Gasteiger partial charge < -0.3 is 9.84 Å². The van der Waals surface area contributed by atoms with Gasteiger partial charge in [0.1, 0.15) is 0 Å². The molecule has 0 unspecified atom stereocenters. The molecule has 1 rings (SSSR count). The summed E-state index contributed by atoms with van der Waals surface area (Å²) in [6.45, 7) is 1.69. The van der Waals surface area contributed by atoms with Crippen molar-refractivity contribution in [3.63, 3.8) is 0 Å². The first-order chi connectivity index (χ1) is 7.06. The first-order valence-corrected chi connectivity index (χ1v) is 4.40. The van der Waals surface area contributed by atoms with Gasteiger partial charge in [-0.3, -0.25) is 4.79 Å². The van der Waals surface area contributed by atoms with Crippen molar-refractivity contribution < 1.29 is 24.2 Å². The molecule has 0 saturated carbocycles. The van der Waals surface area contributed by atoms with Gasteiger partial charge in [0.25, 0.3) is 0 Å². The van der Waals surface area contributed by atoms with Crippen LogP contribution in [0.5, 0.6) is 0 Å². The maximum absolute atomic E-state index is 11.2. The summed E-state index contributed by atoms with van der Waals surface area (Å²) >= 11 is 0. The van der Waals surface area contributed by atoms with E-state index in [0.29, 0.717) is 0 Å². The lowest BCUT2D eigenvalue weighted by Crippen LogP contribution is -2.03. The number of carboxylic acid groups (broad SMARTS) is 1. The van der Waals surface area contributed by atoms with E-state index in [2.05, 4.69) is 4.74 Å². The number of carbonyl (C=O) groups is 3. The minimum Gasteiger partial charge on any atom is -0.481 e. The molecule has 0 aromatic rings. The number of carboxylic acids is 1. The number of carbonyl (C=O) groups excluding carboxylic acids is 2. The van der Waals surface area contributed by atoms with Crippen LogP contribution < -0.4 is 0 Å². The number of aliphatic carboxylic acids is 1. The van der Waals surface area contributed by atoms with E-state index in [0.717, 1.165) is 0 Å². The van der Waals surface area contributed by atoms with Crippen LogP contribution in [0.3, 0.4) is 0 Å². The van der Waals surface area contributed by atoms with Crippen LogP contribution in [-0.2, 0) is 19.1 Å². The first kappa shape index (κ1) is 11.2. The Labute approximate surface area is 86.0 Å². The third kappa shape index (κ3) is 2.52. The molecule has 15 heavy (non-hydrogen) atoms. The topological polar surface area (TPSA) is 80.7 Å². The van der Waals surface area contributed by atoms with Gasteiger partial charge in [0, 0.05) is 6.42 Å². The minimum atomic E-state index is -1.02. The molecule has 0 saturated heterocycles. The lowest BCUT2D eigenvalue weighted by atomic mass is 10.1. The van der Waals surface area contributed by atoms with Crippen LogP contribution >= 0.6 is 0 Å². The van der Waals surface area contributed by atoms with E-state index >= 15 is 0 Å². The molecule has 0 spiro atoms. The van der Waals surface area contributed by atoms with E-state index in [1.807, 2.05) is 0 Å². The molecule has 0 atom stereocenters. The Morgan fingerprint density at radius 1 is 1.40 bits per heavy atom. The van der Waals surface area contributed by atoms with E-state index in [-0.39, 0.29) is 24.0 Å². The second-order valence-electron chi connectivity index (χ2n) is 2.96. The summed E-state index contributed by atoms with van der Waals surface area (Å²) in [5.74, 6) is -2.47. The van der Waals surface area contributed by atoms with Gasteiger partial charge in [-0.1, -0.05) is 12.2 Å². The highest BCUT2D eigenvalue weighted by Gasteiger charge is 2.30. The smallest absolute Gasteiger partial charge is 0.346 e. The molecular formula is C10H10O5. The average molecular weight is 210 g/mol. The molecular weight excluding hydrogens is 200 g/mol. The van der Waals surface area contributed by atoms with E-state index in [4.69, 9.17) is 5.11 Å². The van der Waals surface area contributed by atoms with Gasteiger partial charge in [-0.2, -0.15) is 0 Å². The molecule has 1 aliphatic rings. The Bertz CT molecular complexity index is 375. The van der Waals surface area contributed by atoms with E-state index < -0.39 is 17.9 Å². The number of hydrogen-bond donors (Lipinski definition) is 1. The van der Waals surface area contributed by atoms with Gasteiger partial charge in [0.05, 0.1) is 11.1 Å². The van der Waals surface area contributed by atoms with Crippen LogP contribution in [0.2, 0.25) is 0 Å². The van der Waals surface area contributed by atoms with Crippen LogP contribution in [0.25, 0.3) is 0 Å². The molecule has 0 aromatic heterocycles. The monoisotopic (exact) mass is 210 g/mol. The van der Waals surface area contributed by atoms with Crippen molar-refractivity contribution in [3.05, 3.63) is 23.3 Å². The van der Waals surface area contributed by atoms with Crippen LogP contribution in [0, 0.1) is 0 Å². The second-order valence-corrected chi connectivity index (χ2v) is 2.96. The van der Waals surface area contributed by atoms with Crippen molar-refractivity contribution in [3.8, 4) is 0 Å². The Morgan fingerprint density at radius 2 is 2.07 bits per heavy atom. The van der Waals surface area contributed by atoms with Gasteiger partial charge in [-0.15, -0.1) is 0 Å². The van der Waals surface area contributed by atoms with Crippen molar-refractivity contribution in [2.75, 3.05) is 0 Å². The maximum Gasteiger partial charge on any atom is 0.346 e. The molecule has 1 N–H and O–H groups in total. The third-order valence-corrected chi connectivity index (χ3v) is 1.90. The quantitative estimate of drug-likeness (QED) is 0.548. The summed E-state index contributed by atoms with van der Waals surface area (Å²) in [6, 6.07) is 0. The van der Waals surface area contributed by atoms with Crippen LogP contribution in [-0.4, -0.2) is 23.0 Å². The summed E-state index contributed by atoms with van der Waals surface area (Å²) in [7, 11) is 0. The van der Waals surface area contributed by atoms with Gasteiger partial charge in [0.2, 0.25) is 0 Å². The number of cyclic esters (lactones) is 2. The zero-order valence-corrected chi connectivity index (χ0v) is 8.15. The fraction of sp³-hybridized carbons (Fsp3) is 0.300. The maximum atomic E-state index is 11.2. The van der Waals surface area contributed by atoms with Crippen molar-refractivity contribution in [1.29, 1.82) is 0 Å². The van der Waals surface area contributed by atoms with E-state index in [1.54, 1.807) is 13.0 Å². The Morgan fingerprint density at radius 3 is 2.60 bits per heavy atom. The highest BCUT2D eigenvalue weighted by atomic mass is 16.6. The van der Waals surface area contributed by atoms with Gasteiger partial charge >= 0.3 is 17.9 Å². The van der Waals surface area contributed by atoms with Crippen molar-refractivity contribution in [1.82, 2.24) is 0 Å². The molecule has 80 valence electrons. The largest absolute Gasteiger partial charge is 0.481 e. The van der Waals surface area contributed by atoms with E-state index in [1.165, 1.54) is 6.08 Å². The summed E-state index contributed by atoms with van der Waals surface area (Å²) in [4.78, 5) is 32.6. The predicted octanol–water partition coefficient (Wildman–Crippen LogP) is 0.807. The molecule has 5 nitrogen and oxygen atoms in total. The lowest BCUT2D eigenvalue weighted by molar-refractivity contribution is -0.151. The summed E-state index contributed by atoms with van der Waals surface area (Å²) in [5.41, 5.74) is 0.296. The van der Waals surface area contributed by atoms with Gasteiger partial charge in [-0.25, -0.2) is 9.59 Å². The molecule has 1 aliphatic heterocycles. The molecule has 0 aliphatic carbocycles. The molecule has 0 fully saturated rings. The normalized spacial score (nSPS) is 16.3. The first-order valence-electron chi connectivity index (χ1n) is 4.40. The van der Waals surface area contributed by atoms with Gasteiger partial charge in [0.15, 0.2) is 0 Å². The van der Waals surface area contributed by atoms with Crippen LogP contribution in [0.15, 0.2) is 23.3 Å². The number of hydrogen-bond acceptors (Lipinski definition) is 4. The summed E-state index contributed by atoms with van der Waals surface area (Å²) < 4.78 is 4.38. The molecule has 0 aromatic carbocycles. The van der Waals surface area contributed by atoms with E-state index in [9.17, 15) is 14.4 Å². The van der Waals surface area contributed by atoms with Crippen LogP contribution in [0.4, 0.5) is 0 Å². The molecule has 5 heteroatoms. The number of rotatable bonds is 4. The van der Waals surface area contributed by atoms with Crippen molar-refractivity contribution in [2.45, 2.75) is 19.8 Å². The highest BCUT2D eigenvalue weighted by Crippen LogP contribution is 2.22. The average Bonchev–Trinajstić information content (AvgIpc) is 2.40. The fourth-order valence-corrected chi connectivity index (χ4v) is 1.24. The Hall–Kier alpha value is -1.91. The summed E-state index contributed by atoms with van der Waals surface area (Å²) in [5, 5.41) is 8.46. The minimum absolute atomic E-state index is 0.0135. The van der Waals surface area contributed by atoms with Crippen molar-refractivity contribution >= 4 is 17.9 Å². The Kier molecular flexibility index (Phi) is 3.38. The molecule has 0 amide bonds. The standard InChI is InChI=1S/C10H10O5/c1-2-3-6-7(4-5-8(11)12)10(14)15-9(6)13/h2-3H,4-5H2,1H3,(H,11,12)/b3-2+. The number of ether oxygens (including phenoxy) is 1. The van der Waals surface area contributed by atoms with Crippen molar-refractivity contribution in [2.24, 2.45) is 0 Å². The fourth-order valence-electron chi connectivity index (χ4n) is 1.24. The third-order valence-electron chi connectivity index (χ3n) is 1.90.